The molecule has 0 aliphatic heterocycles. The molecule has 0 amide bonds. The third-order valence-corrected chi connectivity index (χ3v) is 5.07. The summed E-state index contributed by atoms with van der Waals surface area (Å²) in [5.41, 5.74) is 1.81. The lowest BCUT2D eigenvalue weighted by atomic mass is 10.3. The van der Waals surface area contributed by atoms with E-state index in [4.69, 9.17) is 9.84 Å². The van der Waals surface area contributed by atoms with Crippen LogP contribution in [0.2, 0.25) is 0 Å². The topological polar surface area (TPSA) is 75.2 Å². The summed E-state index contributed by atoms with van der Waals surface area (Å²) in [6.07, 6.45) is 0. The van der Waals surface area contributed by atoms with Crippen LogP contribution in [0.5, 0.6) is 5.75 Å². The van der Waals surface area contributed by atoms with Crippen molar-refractivity contribution in [1.82, 2.24) is 9.97 Å². The van der Waals surface area contributed by atoms with Crippen LogP contribution in [0.4, 0.5) is 0 Å². The Morgan fingerprint density at radius 1 is 1.43 bits per heavy atom. The zero-order valence-electron chi connectivity index (χ0n) is 11.1. The molecule has 5 nitrogen and oxygen atoms in total. The predicted octanol–water partition coefficient (Wildman–Crippen LogP) is 3.62. The minimum Gasteiger partial charge on any atom is -0.497 e. The number of ether oxygens (including phenoxy) is 1. The number of thioether (sulfide) groups is 1. The van der Waals surface area contributed by atoms with Gasteiger partial charge in [-0.3, -0.25) is 0 Å². The highest BCUT2D eigenvalue weighted by Gasteiger charge is 2.09. The number of aromatic nitrogens is 2. The van der Waals surface area contributed by atoms with E-state index < -0.39 is 5.97 Å². The summed E-state index contributed by atoms with van der Waals surface area (Å²) in [6.45, 7) is 0. The summed E-state index contributed by atoms with van der Waals surface area (Å²) < 4.78 is 5.18. The van der Waals surface area contributed by atoms with Crippen LogP contribution in [-0.4, -0.2) is 28.2 Å². The third kappa shape index (κ3) is 3.03. The number of imidazole rings is 1. The van der Waals surface area contributed by atoms with Crippen LogP contribution >= 0.6 is 23.1 Å². The smallest absolute Gasteiger partial charge is 0.345 e. The first kappa shape index (κ1) is 14.0. The van der Waals surface area contributed by atoms with Crippen LogP contribution in [-0.2, 0) is 5.75 Å². The first-order valence-corrected chi connectivity index (χ1v) is 7.94. The van der Waals surface area contributed by atoms with Crippen LogP contribution in [0.1, 0.15) is 14.5 Å². The number of thiophene rings is 1. The molecule has 0 unspecified atom stereocenters. The van der Waals surface area contributed by atoms with Crippen molar-refractivity contribution in [2.24, 2.45) is 0 Å². The van der Waals surface area contributed by atoms with E-state index in [1.165, 1.54) is 11.3 Å². The van der Waals surface area contributed by atoms with Gasteiger partial charge in [-0.05, 0) is 24.3 Å². The Morgan fingerprint density at radius 2 is 2.29 bits per heavy atom. The molecule has 0 fully saturated rings. The molecule has 2 N–H and O–H groups in total. The average Bonchev–Trinajstić information content (AvgIpc) is 3.10. The Morgan fingerprint density at radius 3 is 3.00 bits per heavy atom. The van der Waals surface area contributed by atoms with Crippen LogP contribution in [0, 0.1) is 0 Å². The molecule has 0 radical (unpaired) electrons. The first-order valence-electron chi connectivity index (χ1n) is 6.14. The van der Waals surface area contributed by atoms with Crippen molar-refractivity contribution in [3.05, 3.63) is 40.1 Å². The number of aromatic amines is 1. The predicted molar refractivity (Wildman–Crippen MR) is 83.5 cm³/mol. The van der Waals surface area contributed by atoms with E-state index in [2.05, 4.69) is 9.97 Å². The number of aromatic carboxylic acids is 1. The Bertz CT molecular complexity index is 794. The van der Waals surface area contributed by atoms with Gasteiger partial charge in [-0.2, -0.15) is 0 Å². The van der Waals surface area contributed by atoms with Gasteiger partial charge in [0.15, 0.2) is 5.16 Å². The van der Waals surface area contributed by atoms with Crippen molar-refractivity contribution in [3.8, 4) is 5.75 Å². The van der Waals surface area contributed by atoms with Gasteiger partial charge in [-0.1, -0.05) is 11.8 Å². The van der Waals surface area contributed by atoms with Crippen LogP contribution in [0.3, 0.4) is 0 Å². The van der Waals surface area contributed by atoms with Gasteiger partial charge in [0.05, 0.1) is 18.1 Å². The van der Waals surface area contributed by atoms with E-state index >= 15 is 0 Å². The maximum Gasteiger partial charge on any atom is 0.345 e. The largest absolute Gasteiger partial charge is 0.497 e. The summed E-state index contributed by atoms with van der Waals surface area (Å²) in [5, 5.41) is 9.71. The molecule has 1 aromatic carbocycles. The number of benzene rings is 1. The molecule has 3 rings (SSSR count). The second-order valence-electron chi connectivity index (χ2n) is 4.28. The molecule has 2 heterocycles. The highest BCUT2D eigenvalue weighted by molar-refractivity contribution is 7.98. The molecule has 0 saturated carbocycles. The molecule has 0 spiro atoms. The molecule has 0 aliphatic carbocycles. The Kier molecular flexibility index (Phi) is 3.85. The minimum absolute atomic E-state index is 0.361. The van der Waals surface area contributed by atoms with Gasteiger partial charge < -0.3 is 14.8 Å². The lowest BCUT2D eigenvalue weighted by Gasteiger charge is -1.96. The molecule has 0 aliphatic rings. The number of methoxy groups -OCH3 is 1. The Hall–Kier alpha value is -1.99. The van der Waals surface area contributed by atoms with Crippen LogP contribution in [0.25, 0.3) is 11.0 Å². The number of carbonyl (C=O) groups is 1. The lowest BCUT2D eigenvalue weighted by Crippen LogP contribution is -1.89. The molecule has 7 heteroatoms. The van der Waals surface area contributed by atoms with Gasteiger partial charge in [-0.25, -0.2) is 9.78 Å². The zero-order chi connectivity index (χ0) is 14.8. The molecular formula is C14H12N2O3S2. The van der Waals surface area contributed by atoms with E-state index in [0.717, 1.165) is 26.8 Å². The van der Waals surface area contributed by atoms with Crippen molar-refractivity contribution in [3.63, 3.8) is 0 Å². The maximum atomic E-state index is 10.8. The summed E-state index contributed by atoms with van der Waals surface area (Å²) in [5.74, 6) is 0.591. The fourth-order valence-electron chi connectivity index (χ4n) is 1.87. The van der Waals surface area contributed by atoms with Crippen LogP contribution < -0.4 is 4.74 Å². The molecule has 0 saturated heterocycles. The highest BCUT2D eigenvalue weighted by atomic mass is 32.2. The van der Waals surface area contributed by atoms with Crippen LogP contribution in [0.15, 0.2) is 35.5 Å². The van der Waals surface area contributed by atoms with Gasteiger partial charge in [0.25, 0.3) is 0 Å². The maximum absolute atomic E-state index is 10.8. The number of carboxylic acid groups (broad SMARTS) is 1. The molecule has 108 valence electrons. The van der Waals surface area contributed by atoms with E-state index in [-0.39, 0.29) is 0 Å². The van der Waals surface area contributed by atoms with E-state index in [9.17, 15) is 4.79 Å². The van der Waals surface area contributed by atoms with Gasteiger partial charge in [0.2, 0.25) is 0 Å². The zero-order valence-corrected chi connectivity index (χ0v) is 12.8. The normalized spacial score (nSPS) is 10.9. The molecule has 0 atom stereocenters. The minimum atomic E-state index is -0.882. The van der Waals surface area contributed by atoms with Crippen molar-refractivity contribution < 1.29 is 14.6 Å². The number of rotatable bonds is 5. The van der Waals surface area contributed by atoms with Crippen molar-refractivity contribution in [1.29, 1.82) is 0 Å². The highest BCUT2D eigenvalue weighted by Crippen LogP contribution is 2.28. The van der Waals surface area contributed by atoms with Crippen molar-refractivity contribution in [2.45, 2.75) is 10.9 Å². The van der Waals surface area contributed by atoms with E-state index in [0.29, 0.717) is 10.6 Å². The fourth-order valence-corrected chi connectivity index (χ4v) is 3.65. The Labute approximate surface area is 129 Å². The van der Waals surface area contributed by atoms with Gasteiger partial charge >= 0.3 is 5.97 Å². The monoisotopic (exact) mass is 320 g/mol. The number of nitrogens with one attached hydrogen (secondary N) is 1. The average molecular weight is 320 g/mol. The lowest BCUT2D eigenvalue weighted by molar-refractivity contribution is 0.0702. The fraction of sp³-hybridized carbons (Fsp3) is 0.143. The third-order valence-electron chi connectivity index (χ3n) is 2.89. The molecular weight excluding hydrogens is 308 g/mol. The number of fused-ring (bicyclic) bond motifs is 1. The standard InChI is InChI=1S/C14H12N2O3S2/c1-19-8-2-4-10-11(6-8)16-14(15-10)20-7-9-3-5-12(21-9)13(17)18/h2-6H,7H2,1H3,(H,15,16)(H,17,18). The molecule has 2 aromatic heterocycles. The van der Waals surface area contributed by atoms with E-state index in [1.807, 2.05) is 24.3 Å². The second-order valence-corrected chi connectivity index (χ2v) is 6.42. The van der Waals surface area contributed by atoms with Gasteiger partial charge in [0, 0.05) is 16.7 Å². The van der Waals surface area contributed by atoms with E-state index in [1.54, 1.807) is 24.9 Å². The number of hydrogen-bond donors (Lipinski definition) is 2. The quantitative estimate of drug-likeness (QED) is 0.702. The SMILES string of the molecule is COc1ccc2nc(SCc3ccc(C(=O)O)s3)[nH]c2c1. The second kappa shape index (κ2) is 5.79. The van der Waals surface area contributed by atoms with Gasteiger partial charge in [0.1, 0.15) is 10.6 Å². The molecule has 0 bridgehead atoms. The summed E-state index contributed by atoms with van der Waals surface area (Å²) >= 11 is 2.84. The Balaban J connectivity index is 1.73. The number of hydrogen-bond acceptors (Lipinski definition) is 5. The number of nitrogens with zero attached hydrogens (tertiary/aromatic N) is 1. The number of H-pyrrole nitrogens is 1. The van der Waals surface area contributed by atoms with Crippen molar-refractivity contribution >= 4 is 40.1 Å². The van der Waals surface area contributed by atoms with Crippen molar-refractivity contribution in [2.75, 3.05) is 7.11 Å². The van der Waals surface area contributed by atoms with Gasteiger partial charge in [-0.15, -0.1) is 11.3 Å². The summed E-state index contributed by atoms with van der Waals surface area (Å²) in [6, 6.07) is 9.15. The summed E-state index contributed by atoms with van der Waals surface area (Å²) in [4.78, 5) is 19.9. The molecule has 3 aromatic rings. The summed E-state index contributed by atoms with van der Waals surface area (Å²) in [7, 11) is 1.63. The number of carboxylic acids is 1. The molecule has 21 heavy (non-hydrogen) atoms. The first-order chi connectivity index (χ1) is 10.2.